The monoisotopic (exact) mass is 265 g/mol. The molecule has 1 aliphatic heterocycles. The van der Waals surface area contributed by atoms with E-state index in [9.17, 15) is 9.59 Å². The standard InChI is InChI=1S/C12H15N3O4/c1-3-6-19-12(18)15-5-4-9-8(7-15)10(11(16)17)14(2)13-9/h3H,1,4-7H2,2H3,(H,16,17). The molecule has 0 saturated carbocycles. The number of hydrogen-bond donors (Lipinski definition) is 1. The summed E-state index contributed by atoms with van der Waals surface area (Å²) in [5.74, 6) is -1.04. The van der Waals surface area contributed by atoms with Crippen LogP contribution >= 0.6 is 0 Å². The smallest absolute Gasteiger partial charge is 0.410 e. The SMILES string of the molecule is C=CCOC(=O)N1CCc2nn(C)c(C(=O)O)c2C1. The minimum Gasteiger partial charge on any atom is -0.477 e. The van der Waals surface area contributed by atoms with E-state index in [1.165, 1.54) is 15.7 Å². The predicted molar refractivity (Wildman–Crippen MR) is 65.8 cm³/mol. The Labute approximate surface area is 110 Å². The molecule has 0 unspecified atom stereocenters. The van der Waals surface area contributed by atoms with Gasteiger partial charge in [0.2, 0.25) is 0 Å². The summed E-state index contributed by atoms with van der Waals surface area (Å²) in [6, 6.07) is 0. The summed E-state index contributed by atoms with van der Waals surface area (Å²) in [7, 11) is 1.59. The largest absolute Gasteiger partial charge is 0.477 e. The number of hydrogen-bond acceptors (Lipinski definition) is 4. The van der Waals surface area contributed by atoms with Crippen LogP contribution in [-0.2, 0) is 24.8 Å². The average Bonchev–Trinajstić information content (AvgIpc) is 2.70. The van der Waals surface area contributed by atoms with Gasteiger partial charge in [0, 0.05) is 25.6 Å². The van der Waals surface area contributed by atoms with Crippen molar-refractivity contribution in [3.05, 3.63) is 29.6 Å². The molecule has 7 heteroatoms. The van der Waals surface area contributed by atoms with Gasteiger partial charge in [-0.15, -0.1) is 0 Å². The molecule has 1 aromatic rings. The number of nitrogens with zero attached hydrogens (tertiary/aromatic N) is 3. The summed E-state index contributed by atoms with van der Waals surface area (Å²) in [5, 5.41) is 13.3. The van der Waals surface area contributed by atoms with Crippen molar-refractivity contribution in [2.45, 2.75) is 13.0 Å². The highest BCUT2D eigenvalue weighted by Gasteiger charge is 2.29. The Bertz CT molecular complexity index is 535. The van der Waals surface area contributed by atoms with Crippen LogP contribution in [0.2, 0.25) is 0 Å². The first-order valence-corrected chi connectivity index (χ1v) is 5.85. The number of carbonyl (C=O) groups is 2. The number of aromatic carboxylic acids is 1. The van der Waals surface area contributed by atoms with E-state index in [2.05, 4.69) is 11.7 Å². The van der Waals surface area contributed by atoms with E-state index >= 15 is 0 Å². The molecule has 2 rings (SSSR count). The number of carboxylic acids is 1. The third kappa shape index (κ3) is 2.44. The van der Waals surface area contributed by atoms with Crippen LogP contribution in [0.4, 0.5) is 4.79 Å². The molecule has 0 aromatic carbocycles. The lowest BCUT2D eigenvalue weighted by molar-refractivity contribution is 0.0679. The zero-order valence-corrected chi connectivity index (χ0v) is 10.6. The zero-order valence-electron chi connectivity index (χ0n) is 10.6. The van der Waals surface area contributed by atoms with Crippen LogP contribution in [0, 0.1) is 0 Å². The van der Waals surface area contributed by atoms with Gasteiger partial charge in [-0.2, -0.15) is 5.10 Å². The van der Waals surface area contributed by atoms with Gasteiger partial charge < -0.3 is 14.7 Å². The number of fused-ring (bicyclic) bond motifs is 1. The summed E-state index contributed by atoms with van der Waals surface area (Å²) < 4.78 is 6.29. The first kappa shape index (κ1) is 13.1. The summed E-state index contributed by atoms with van der Waals surface area (Å²) >= 11 is 0. The van der Waals surface area contributed by atoms with Gasteiger partial charge in [-0.05, 0) is 0 Å². The third-order valence-electron chi connectivity index (χ3n) is 2.98. The molecule has 0 radical (unpaired) electrons. The first-order chi connectivity index (χ1) is 9.04. The van der Waals surface area contributed by atoms with Crippen LogP contribution in [0.1, 0.15) is 21.7 Å². The van der Waals surface area contributed by atoms with Crippen molar-refractivity contribution >= 4 is 12.1 Å². The van der Waals surface area contributed by atoms with Gasteiger partial charge in [-0.1, -0.05) is 12.7 Å². The van der Waals surface area contributed by atoms with Crippen molar-refractivity contribution in [1.82, 2.24) is 14.7 Å². The second-order valence-corrected chi connectivity index (χ2v) is 4.24. The first-order valence-electron chi connectivity index (χ1n) is 5.85. The molecule has 0 fully saturated rings. The van der Waals surface area contributed by atoms with Crippen molar-refractivity contribution in [3.63, 3.8) is 0 Å². The lowest BCUT2D eigenvalue weighted by atomic mass is 10.1. The van der Waals surface area contributed by atoms with E-state index in [4.69, 9.17) is 9.84 Å². The second kappa shape index (κ2) is 5.13. The van der Waals surface area contributed by atoms with Crippen molar-refractivity contribution < 1.29 is 19.4 Å². The van der Waals surface area contributed by atoms with Crippen LogP contribution < -0.4 is 0 Å². The summed E-state index contributed by atoms with van der Waals surface area (Å²) in [6.07, 6.45) is 1.55. The van der Waals surface area contributed by atoms with Gasteiger partial charge in [-0.3, -0.25) is 4.68 Å². The van der Waals surface area contributed by atoms with Crippen molar-refractivity contribution in [2.75, 3.05) is 13.2 Å². The maximum Gasteiger partial charge on any atom is 0.410 e. The molecule has 1 aromatic heterocycles. The molecule has 7 nitrogen and oxygen atoms in total. The van der Waals surface area contributed by atoms with Crippen LogP contribution in [0.15, 0.2) is 12.7 Å². The highest BCUT2D eigenvalue weighted by atomic mass is 16.6. The lowest BCUT2D eigenvalue weighted by Crippen LogP contribution is -2.36. The average molecular weight is 265 g/mol. The Morgan fingerprint density at radius 3 is 2.95 bits per heavy atom. The maximum atomic E-state index is 11.7. The summed E-state index contributed by atoms with van der Waals surface area (Å²) in [4.78, 5) is 24.4. The number of carbonyl (C=O) groups excluding carboxylic acids is 1. The van der Waals surface area contributed by atoms with Gasteiger partial charge in [0.25, 0.3) is 0 Å². The Hall–Kier alpha value is -2.31. The van der Waals surface area contributed by atoms with Gasteiger partial charge in [-0.25, -0.2) is 9.59 Å². The number of ether oxygens (including phenoxy) is 1. The normalized spacial score (nSPS) is 13.8. The molecule has 2 heterocycles. The van der Waals surface area contributed by atoms with Crippen LogP contribution in [-0.4, -0.2) is 45.0 Å². The van der Waals surface area contributed by atoms with Gasteiger partial charge in [0.05, 0.1) is 12.2 Å². The van der Waals surface area contributed by atoms with E-state index in [0.717, 1.165) is 5.69 Å². The topological polar surface area (TPSA) is 84.7 Å². The van der Waals surface area contributed by atoms with Crippen molar-refractivity contribution in [3.8, 4) is 0 Å². The predicted octanol–water partition coefficient (Wildman–Crippen LogP) is 0.799. The van der Waals surface area contributed by atoms with E-state index in [1.54, 1.807) is 7.05 Å². The van der Waals surface area contributed by atoms with Gasteiger partial charge >= 0.3 is 12.1 Å². The van der Waals surface area contributed by atoms with Gasteiger partial charge in [0.1, 0.15) is 6.61 Å². The molecular formula is C12H15N3O4. The molecular weight excluding hydrogens is 250 g/mol. The number of amides is 1. The molecule has 0 atom stereocenters. The van der Waals surface area contributed by atoms with E-state index in [-0.39, 0.29) is 18.8 Å². The Morgan fingerprint density at radius 2 is 2.32 bits per heavy atom. The molecule has 0 aliphatic carbocycles. The van der Waals surface area contributed by atoms with Gasteiger partial charge in [0.15, 0.2) is 5.69 Å². The number of aromatic nitrogens is 2. The highest BCUT2D eigenvalue weighted by molar-refractivity contribution is 5.88. The van der Waals surface area contributed by atoms with E-state index < -0.39 is 12.1 Å². The molecule has 0 saturated heterocycles. The number of aryl methyl sites for hydroxylation is 1. The number of rotatable bonds is 3. The molecule has 19 heavy (non-hydrogen) atoms. The summed E-state index contributed by atoms with van der Waals surface area (Å²) in [5.41, 5.74) is 1.43. The molecule has 102 valence electrons. The molecule has 0 spiro atoms. The van der Waals surface area contributed by atoms with Crippen molar-refractivity contribution in [1.29, 1.82) is 0 Å². The minimum atomic E-state index is -1.04. The Balaban J connectivity index is 2.21. The maximum absolute atomic E-state index is 11.7. The quantitative estimate of drug-likeness (QED) is 0.817. The fourth-order valence-corrected chi connectivity index (χ4v) is 2.15. The molecule has 0 bridgehead atoms. The fourth-order valence-electron chi connectivity index (χ4n) is 2.15. The molecule has 1 amide bonds. The molecule has 1 N–H and O–H groups in total. The van der Waals surface area contributed by atoms with Crippen molar-refractivity contribution in [2.24, 2.45) is 7.05 Å². The number of carboxylic acid groups (broad SMARTS) is 1. The zero-order chi connectivity index (χ0) is 14.0. The lowest BCUT2D eigenvalue weighted by Gasteiger charge is -2.25. The highest BCUT2D eigenvalue weighted by Crippen LogP contribution is 2.22. The van der Waals surface area contributed by atoms with Crippen LogP contribution in [0.25, 0.3) is 0 Å². The van der Waals surface area contributed by atoms with E-state index in [0.29, 0.717) is 18.5 Å². The third-order valence-corrected chi connectivity index (χ3v) is 2.98. The minimum absolute atomic E-state index is 0.122. The van der Waals surface area contributed by atoms with Crippen LogP contribution in [0.3, 0.4) is 0 Å². The fraction of sp³-hybridized carbons (Fsp3) is 0.417. The molecule has 1 aliphatic rings. The van der Waals surface area contributed by atoms with E-state index in [1.807, 2.05) is 0 Å². The summed E-state index contributed by atoms with van der Waals surface area (Å²) in [6.45, 7) is 4.29. The Kier molecular flexibility index (Phi) is 3.55. The Morgan fingerprint density at radius 1 is 1.58 bits per heavy atom. The van der Waals surface area contributed by atoms with Crippen LogP contribution in [0.5, 0.6) is 0 Å². The second-order valence-electron chi connectivity index (χ2n) is 4.24.